The molecule has 18 heavy (non-hydrogen) atoms. The van der Waals surface area contributed by atoms with Crippen molar-refractivity contribution in [3.63, 3.8) is 0 Å². The lowest BCUT2D eigenvalue weighted by Crippen LogP contribution is -2.23. The van der Waals surface area contributed by atoms with Gasteiger partial charge < -0.3 is 10.6 Å². The number of carbonyl (C=O) groups is 1. The van der Waals surface area contributed by atoms with Gasteiger partial charge in [0.2, 0.25) is 0 Å². The molecule has 0 atom stereocenters. The maximum Gasteiger partial charge on any atom is 0.253 e. The van der Waals surface area contributed by atoms with E-state index in [0.29, 0.717) is 12.1 Å². The van der Waals surface area contributed by atoms with Crippen LogP contribution in [0.2, 0.25) is 0 Å². The van der Waals surface area contributed by atoms with Crippen LogP contribution < -0.4 is 10.6 Å². The lowest BCUT2D eigenvalue weighted by atomic mass is 10.2. The quantitative estimate of drug-likeness (QED) is 0.861. The fourth-order valence-corrected chi connectivity index (χ4v) is 1.67. The summed E-state index contributed by atoms with van der Waals surface area (Å²) in [6, 6.07) is 11.5. The van der Waals surface area contributed by atoms with E-state index in [9.17, 15) is 4.79 Å². The molecule has 0 aliphatic rings. The van der Waals surface area contributed by atoms with Gasteiger partial charge >= 0.3 is 0 Å². The number of hydrogen-bond acceptors (Lipinski definition) is 3. The maximum atomic E-state index is 12.0. The van der Waals surface area contributed by atoms with Crippen molar-refractivity contribution in [2.75, 3.05) is 12.4 Å². The molecule has 0 unspecified atom stereocenters. The Morgan fingerprint density at radius 3 is 2.72 bits per heavy atom. The lowest BCUT2D eigenvalue weighted by Gasteiger charge is -2.09. The Morgan fingerprint density at radius 1 is 1.22 bits per heavy atom. The number of nitrogens with one attached hydrogen (secondary N) is 2. The van der Waals surface area contributed by atoms with E-state index >= 15 is 0 Å². The molecule has 1 aromatic carbocycles. The van der Waals surface area contributed by atoms with Crippen molar-refractivity contribution in [2.45, 2.75) is 6.54 Å². The Labute approximate surface area is 106 Å². The molecular weight excluding hydrogens is 226 g/mol. The predicted octanol–water partition coefficient (Wildman–Crippen LogP) is 2.05. The molecule has 0 aliphatic heterocycles. The van der Waals surface area contributed by atoms with Crippen molar-refractivity contribution >= 4 is 11.6 Å². The molecule has 0 aliphatic carbocycles. The highest BCUT2D eigenvalue weighted by molar-refractivity contribution is 5.99. The zero-order chi connectivity index (χ0) is 12.8. The van der Waals surface area contributed by atoms with Gasteiger partial charge in [-0.2, -0.15) is 0 Å². The van der Waals surface area contributed by atoms with Gasteiger partial charge in [0, 0.05) is 19.8 Å². The monoisotopic (exact) mass is 241 g/mol. The highest BCUT2D eigenvalue weighted by atomic mass is 16.1. The summed E-state index contributed by atoms with van der Waals surface area (Å²) in [6.07, 6.45) is 3.25. The van der Waals surface area contributed by atoms with Gasteiger partial charge in [-0.15, -0.1) is 0 Å². The third-order valence-electron chi connectivity index (χ3n) is 2.63. The molecule has 0 spiro atoms. The van der Waals surface area contributed by atoms with E-state index in [-0.39, 0.29) is 5.91 Å². The van der Waals surface area contributed by atoms with Crippen LogP contribution in [0.15, 0.2) is 48.8 Å². The van der Waals surface area contributed by atoms with Crippen molar-refractivity contribution in [3.8, 4) is 0 Å². The van der Waals surface area contributed by atoms with E-state index in [1.165, 1.54) is 0 Å². The zero-order valence-electron chi connectivity index (χ0n) is 10.2. The normalized spacial score (nSPS) is 9.83. The lowest BCUT2D eigenvalue weighted by molar-refractivity contribution is 0.0951. The molecule has 0 saturated heterocycles. The summed E-state index contributed by atoms with van der Waals surface area (Å²) in [5.74, 6) is -0.106. The Morgan fingerprint density at radius 2 is 2.00 bits per heavy atom. The molecule has 2 aromatic rings. The average molecular weight is 241 g/mol. The van der Waals surface area contributed by atoms with E-state index in [4.69, 9.17) is 0 Å². The summed E-state index contributed by atoms with van der Waals surface area (Å²) in [5, 5.41) is 5.83. The molecule has 4 nitrogen and oxygen atoms in total. The van der Waals surface area contributed by atoms with Crippen LogP contribution in [-0.2, 0) is 6.54 Å². The molecular formula is C14H15N3O. The standard InChI is InChI=1S/C14H15N3O/c1-15-13-10-16-8-7-12(13)14(18)17-9-11-5-3-2-4-6-11/h2-8,10,15H,9H2,1H3,(H,17,18). The Hall–Kier alpha value is -2.36. The van der Waals surface area contributed by atoms with E-state index in [2.05, 4.69) is 15.6 Å². The minimum atomic E-state index is -0.106. The number of aromatic nitrogens is 1. The third kappa shape index (κ3) is 2.85. The number of anilines is 1. The second-order valence-corrected chi connectivity index (χ2v) is 3.84. The van der Waals surface area contributed by atoms with Crippen LogP contribution in [0.4, 0.5) is 5.69 Å². The van der Waals surface area contributed by atoms with Crippen LogP contribution in [-0.4, -0.2) is 17.9 Å². The molecule has 1 aromatic heterocycles. The van der Waals surface area contributed by atoms with Crippen molar-refractivity contribution in [1.29, 1.82) is 0 Å². The van der Waals surface area contributed by atoms with Crippen molar-refractivity contribution in [3.05, 3.63) is 59.9 Å². The van der Waals surface area contributed by atoms with Gasteiger partial charge in [0.25, 0.3) is 5.91 Å². The van der Waals surface area contributed by atoms with Gasteiger partial charge in [0.15, 0.2) is 0 Å². The summed E-state index contributed by atoms with van der Waals surface area (Å²) in [4.78, 5) is 16.0. The smallest absolute Gasteiger partial charge is 0.253 e. The van der Waals surface area contributed by atoms with Crippen molar-refractivity contribution < 1.29 is 4.79 Å². The van der Waals surface area contributed by atoms with E-state index in [0.717, 1.165) is 11.3 Å². The topological polar surface area (TPSA) is 54.0 Å². The summed E-state index contributed by atoms with van der Waals surface area (Å²) in [5.41, 5.74) is 2.40. The van der Waals surface area contributed by atoms with E-state index in [1.54, 1.807) is 25.5 Å². The van der Waals surface area contributed by atoms with Gasteiger partial charge in [-0.25, -0.2) is 0 Å². The number of carbonyl (C=O) groups excluding carboxylic acids is 1. The molecule has 0 bridgehead atoms. The third-order valence-corrected chi connectivity index (χ3v) is 2.63. The first-order valence-corrected chi connectivity index (χ1v) is 5.75. The average Bonchev–Trinajstić information content (AvgIpc) is 2.45. The highest BCUT2D eigenvalue weighted by Crippen LogP contribution is 2.12. The van der Waals surface area contributed by atoms with Gasteiger partial charge in [0.05, 0.1) is 17.4 Å². The first-order valence-electron chi connectivity index (χ1n) is 5.75. The van der Waals surface area contributed by atoms with E-state index in [1.807, 2.05) is 30.3 Å². The molecule has 1 amide bonds. The van der Waals surface area contributed by atoms with Crippen molar-refractivity contribution in [1.82, 2.24) is 10.3 Å². The summed E-state index contributed by atoms with van der Waals surface area (Å²) >= 11 is 0. The number of benzene rings is 1. The second kappa shape index (κ2) is 5.82. The largest absolute Gasteiger partial charge is 0.386 e. The van der Waals surface area contributed by atoms with Crippen LogP contribution in [0.3, 0.4) is 0 Å². The number of nitrogens with zero attached hydrogens (tertiary/aromatic N) is 1. The van der Waals surface area contributed by atoms with Crippen LogP contribution in [0.1, 0.15) is 15.9 Å². The summed E-state index contributed by atoms with van der Waals surface area (Å²) in [6.45, 7) is 0.519. The van der Waals surface area contributed by atoms with Crippen LogP contribution in [0, 0.1) is 0 Å². The maximum absolute atomic E-state index is 12.0. The molecule has 0 radical (unpaired) electrons. The van der Waals surface area contributed by atoms with Crippen LogP contribution >= 0.6 is 0 Å². The van der Waals surface area contributed by atoms with Crippen molar-refractivity contribution in [2.24, 2.45) is 0 Å². The molecule has 0 saturated carbocycles. The first kappa shape index (κ1) is 12.1. The number of amides is 1. The summed E-state index contributed by atoms with van der Waals surface area (Å²) < 4.78 is 0. The van der Waals surface area contributed by atoms with Gasteiger partial charge in [-0.1, -0.05) is 30.3 Å². The fraction of sp³-hybridized carbons (Fsp3) is 0.143. The number of rotatable bonds is 4. The number of hydrogen-bond donors (Lipinski definition) is 2. The van der Waals surface area contributed by atoms with Gasteiger partial charge in [0.1, 0.15) is 0 Å². The molecule has 4 heteroatoms. The van der Waals surface area contributed by atoms with Gasteiger partial charge in [-0.3, -0.25) is 9.78 Å². The second-order valence-electron chi connectivity index (χ2n) is 3.84. The SMILES string of the molecule is CNc1cnccc1C(=O)NCc1ccccc1. The highest BCUT2D eigenvalue weighted by Gasteiger charge is 2.09. The molecule has 2 rings (SSSR count). The zero-order valence-corrected chi connectivity index (χ0v) is 10.2. The first-order chi connectivity index (χ1) is 8.81. The minimum absolute atomic E-state index is 0.106. The van der Waals surface area contributed by atoms with Crippen LogP contribution in [0.5, 0.6) is 0 Å². The molecule has 0 fully saturated rings. The molecule has 1 heterocycles. The van der Waals surface area contributed by atoms with Gasteiger partial charge in [-0.05, 0) is 11.6 Å². The molecule has 92 valence electrons. The predicted molar refractivity (Wildman–Crippen MR) is 71.4 cm³/mol. The fourth-order valence-electron chi connectivity index (χ4n) is 1.67. The van der Waals surface area contributed by atoms with E-state index < -0.39 is 0 Å². The Balaban J connectivity index is 2.04. The molecule has 2 N–H and O–H groups in total. The minimum Gasteiger partial charge on any atom is -0.386 e. The van der Waals surface area contributed by atoms with Crippen LogP contribution in [0.25, 0.3) is 0 Å². The Kier molecular flexibility index (Phi) is 3.91. The number of pyridine rings is 1. The Bertz CT molecular complexity index is 526. The summed E-state index contributed by atoms with van der Waals surface area (Å²) in [7, 11) is 1.77.